The zero-order valence-electron chi connectivity index (χ0n) is 11.8. The van der Waals surface area contributed by atoms with Crippen LogP contribution in [0.15, 0.2) is 30.9 Å². The fraction of sp³-hybridized carbons (Fsp3) is 0.312. The summed E-state index contributed by atoms with van der Waals surface area (Å²) in [6.07, 6.45) is 3.17. The molecule has 0 aromatic heterocycles. The SMILES string of the molecule is C=C(C)c1cccc(OC(N)=O)c1/C(=C\C)CCC. The summed E-state index contributed by atoms with van der Waals surface area (Å²) in [5, 5.41) is 0. The lowest BCUT2D eigenvalue weighted by Gasteiger charge is -2.16. The molecule has 0 aliphatic carbocycles. The Bertz CT molecular complexity index is 515. The Morgan fingerprint density at radius 3 is 2.63 bits per heavy atom. The summed E-state index contributed by atoms with van der Waals surface area (Å²) in [7, 11) is 0. The van der Waals surface area contributed by atoms with Gasteiger partial charge >= 0.3 is 6.09 Å². The van der Waals surface area contributed by atoms with Gasteiger partial charge in [0.05, 0.1) is 0 Å². The topological polar surface area (TPSA) is 52.3 Å². The van der Waals surface area contributed by atoms with Gasteiger partial charge < -0.3 is 10.5 Å². The van der Waals surface area contributed by atoms with Crippen LogP contribution in [0, 0.1) is 0 Å². The van der Waals surface area contributed by atoms with Gasteiger partial charge in [0.2, 0.25) is 0 Å². The maximum atomic E-state index is 11.0. The molecule has 0 aliphatic heterocycles. The molecule has 0 spiro atoms. The molecule has 0 saturated heterocycles. The van der Waals surface area contributed by atoms with Gasteiger partial charge in [0.25, 0.3) is 0 Å². The van der Waals surface area contributed by atoms with E-state index in [9.17, 15) is 4.79 Å². The Morgan fingerprint density at radius 2 is 2.16 bits per heavy atom. The van der Waals surface area contributed by atoms with Gasteiger partial charge in [-0.1, -0.05) is 43.7 Å². The van der Waals surface area contributed by atoms with Crippen LogP contribution in [0.2, 0.25) is 0 Å². The average Bonchev–Trinajstić information content (AvgIpc) is 2.35. The second-order valence-corrected chi connectivity index (χ2v) is 4.44. The third-order valence-corrected chi connectivity index (χ3v) is 2.89. The Balaban J connectivity index is 3.44. The van der Waals surface area contributed by atoms with Gasteiger partial charge in [-0.15, -0.1) is 0 Å². The Morgan fingerprint density at radius 1 is 1.47 bits per heavy atom. The van der Waals surface area contributed by atoms with Crippen LogP contribution in [0.25, 0.3) is 11.1 Å². The van der Waals surface area contributed by atoms with Gasteiger partial charge in [-0.3, -0.25) is 0 Å². The summed E-state index contributed by atoms with van der Waals surface area (Å²) >= 11 is 0. The van der Waals surface area contributed by atoms with Gasteiger partial charge in [0.1, 0.15) is 5.75 Å². The number of nitrogens with two attached hydrogens (primary N) is 1. The quantitative estimate of drug-likeness (QED) is 0.853. The first kappa shape index (κ1) is 15.0. The molecule has 2 N–H and O–H groups in total. The van der Waals surface area contributed by atoms with E-state index in [0.29, 0.717) is 5.75 Å². The molecular weight excluding hydrogens is 238 g/mol. The predicted molar refractivity (Wildman–Crippen MR) is 79.9 cm³/mol. The van der Waals surface area contributed by atoms with E-state index in [1.807, 2.05) is 32.1 Å². The monoisotopic (exact) mass is 259 g/mol. The molecule has 0 fully saturated rings. The summed E-state index contributed by atoms with van der Waals surface area (Å²) in [5.41, 5.74) is 9.10. The van der Waals surface area contributed by atoms with E-state index in [0.717, 1.165) is 35.1 Å². The van der Waals surface area contributed by atoms with Gasteiger partial charge in [0, 0.05) is 5.56 Å². The molecule has 1 rings (SSSR count). The lowest BCUT2D eigenvalue weighted by molar-refractivity contribution is 0.210. The Labute approximate surface area is 114 Å². The molecule has 3 heteroatoms. The zero-order valence-corrected chi connectivity index (χ0v) is 11.8. The largest absolute Gasteiger partial charge is 0.410 e. The highest BCUT2D eigenvalue weighted by atomic mass is 16.5. The van der Waals surface area contributed by atoms with Crippen LogP contribution >= 0.6 is 0 Å². The highest BCUT2D eigenvalue weighted by Crippen LogP contribution is 2.35. The van der Waals surface area contributed by atoms with Crippen molar-refractivity contribution in [2.75, 3.05) is 0 Å². The van der Waals surface area contributed by atoms with Gasteiger partial charge in [0.15, 0.2) is 0 Å². The summed E-state index contributed by atoms with van der Waals surface area (Å²) in [6, 6.07) is 5.57. The smallest absolute Gasteiger partial charge is 0.409 e. The second kappa shape index (κ2) is 6.78. The summed E-state index contributed by atoms with van der Waals surface area (Å²) in [5.74, 6) is 0.495. The molecule has 19 heavy (non-hydrogen) atoms. The number of benzene rings is 1. The van der Waals surface area contributed by atoms with Crippen molar-refractivity contribution in [3.05, 3.63) is 42.0 Å². The van der Waals surface area contributed by atoms with Crippen molar-refractivity contribution in [2.45, 2.75) is 33.6 Å². The molecule has 0 heterocycles. The molecule has 1 amide bonds. The summed E-state index contributed by atoms with van der Waals surface area (Å²) < 4.78 is 5.12. The minimum Gasteiger partial charge on any atom is -0.410 e. The molecule has 0 atom stereocenters. The van der Waals surface area contributed by atoms with Crippen molar-refractivity contribution in [3.63, 3.8) is 0 Å². The maximum absolute atomic E-state index is 11.0. The van der Waals surface area contributed by atoms with Gasteiger partial charge in [-0.05, 0) is 37.5 Å². The number of hydrogen-bond donors (Lipinski definition) is 1. The van der Waals surface area contributed by atoms with E-state index in [4.69, 9.17) is 10.5 Å². The van der Waals surface area contributed by atoms with E-state index in [2.05, 4.69) is 13.5 Å². The number of amides is 1. The van der Waals surface area contributed by atoms with Crippen molar-refractivity contribution in [1.29, 1.82) is 0 Å². The summed E-state index contributed by atoms with van der Waals surface area (Å²) in [6.45, 7) is 10.0. The van der Waals surface area contributed by atoms with E-state index in [-0.39, 0.29) is 0 Å². The molecule has 102 valence electrons. The highest BCUT2D eigenvalue weighted by molar-refractivity contribution is 5.83. The average molecular weight is 259 g/mol. The van der Waals surface area contributed by atoms with Crippen LogP contribution in [-0.4, -0.2) is 6.09 Å². The van der Waals surface area contributed by atoms with Crippen molar-refractivity contribution in [3.8, 4) is 5.75 Å². The third-order valence-electron chi connectivity index (χ3n) is 2.89. The lowest BCUT2D eigenvalue weighted by atomic mass is 9.92. The summed E-state index contributed by atoms with van der Waals surface area (Å²) in [4.78, 5) is 11.0. The van der Waals surface area contributed by atoms with Crippen LogP contribution in [0.3, 0.4) is 0 Å². The van der Waals surface area contributed by atoms with Gasteiger partial charge in [-0.25, -0.2) is 4.79 Å². The molecule has 0 bridgehead atoms. The van der Waals surface area contributed by atoms with Crippen LogP contribution < -0.4 is 10.5 Å². The normalized spacial score (nSPS) is 11.2. The van der Waals surface area contributed by atoms with Gasteiger partial charge in [-0.2, -0.15) is 0 Å². The molecular formula is C16H21NO2. The second-order valence-electron chi connectivity index (χ2n) is 4.44. The van der Waals surface area contributed by atoms with E-state index < -0.39 is 6.09 Å². The molecule has 0 saturated carbocycles. The van der Waals surface area contributed by atoms with E-state index in [1.165, 1.54) is 0 Å². The number of rotatable bonds is 5. The highest BCUT2D eigenvalue weighted by Gasteiger charge is 2.15. The first-order valence-electron chi connectivity index (χ1n) is 6.43. The van der Waals surface area contributed by atoms with E-state index in [1.54, 1.807) is 6.07 Å². The maximum Gasteiger partial charge on any atom is 0.409 e. The predicted octanol–water partition coefficient (Wildman–Crippen LogP) is 4.38. The minimum absolute atomic E-state index is 0.495. The third kappa shape index (κ3) is 3.71. The first-order valence-corrected chi connectivity index (χ1v) is 6.43. The molecule has 0 aliphatic rings. The van der Waals surface area contributed by atoms with Crippen molar-refractivity contribution >= 4 is 17.2 Å². The lowest BCUT2D eigenvalue weighted by Crippen LogP contribution is -2.17. The van der Waals surface area contributed by atoms with Crippen LogP contribution in [0.5, 0.6) is 5.75 Å². The van der Waals surface area contributed by atoms with Crippen LogP contribution in [0.4, 0.5) is 4.79 Å². The standard InChI is InChI=1S/C16H21NO2/c1-5-8-12(6-2)15-13(11(3)4)9-7-10-14(15)19-16(17)18/h6-7,9-10H,3,5,8H2,1-2,4H3,(H2,17,18)/b12-6-. The van der Waals surface area contributed by atoms with E-state index >= 15 is 0 Å². The first-order chi connectivity index (χ1) is 9.01. The number of carbonyl (C=O) groups excluding carboxylic acids is 1. The fourth-order valence-corrected chi connectivity index (χ4v) is 2.09. The molecule has 0 radical (unpaired) electrons. The fourth-order valence-electron chi connectivity index (χ4n) is 2.09. The molecule has 0 unspecified atom stereocenters. The number of ether oxygens (including phenoxy) is 1. The molecule has 3 nitrogen and oxygen atoms in total. The Hall–Kier alpha value is -2.03. The molecule has 1 aromatic carbocycles. The number of allylic oxidation sites excluding steroid dienone is 3. The Kier molecular flexibility index (Phi) is 5.37. The minimum atomic E-state index is -0.799. The molecule has 1 aromatic rings. The van der Waals surface area contributed by atoms with Crippen molar-refractivity contribution < 1.29 is 9.53 Å². The number of hydrogen-bond acceptors (Lipinski definition) is 2. The van der Waals surface area contributed by atoms with Crippen molar-refractivity contribution in [2.24, 2.45) is 5.73 Å². The zero-order chi connectivity index (χ0) is 14.4. The van der Waals surface area contributed by atoms with Crippen LogP contribution in [0.1, 0.15) is 44.7 Å². The number of primary amides is 1. The van der Waals surface area contributed by atoms with Crippen molar-refractivity contribution in [1.82, 2.24) is 0 Å². The van der Waals surface area contributed by atoms with Crippen LogP contribution in [-0.2, 0) is 0 Å². The number of carbonyl (C=O) groups is 1.